The van der Waals surface area contributed by atoms with Gasteiger partial charge in [0, 0.05) is 31.8 Å². The highest BCUT2D eigenvalue weighted by molar-refractivity contribution is 6.01. The van der Waals surface area contributed by atoms with Gasteiger partial charge in [0.2, 0.25) is 5.91 Å². The largest absolute Gasteiger partial charge is 0.497 e. The number of rotatable bonds is 8. The monoisotopic (exact) mass is 505 g/mol. The van der Waals surface area contributed by atoms with Crippen molar-refractivity contribution < 1.29 is 23.9 Å². The molecular weight excluding hydrogens is 474 g/mol. The van der Waals surface area contributed by atoms with E-state index in [-0.39, 0.29) is 36.3 Å². The minimum atomic E-state index is -1.18. The Morgan fingerprint density at radius 1 is 1.03 bits per heavy atom. The van der Waals surface area contributed by atoms with Crippen molar-refractivity contribution in [3.8, 4) is 11.5 Å². The third-order valence-electron chi connectivity index (χ3n) is 6.72. The number of hydrogen-bond acceptors (Lipinski definition) is 6. The number of carbonyl (C=O) groups excluding carboxylic acids is 3. The number of methoxy groups -OCH3 is 2. The van der Waals surface area contributed by atoms with Crippen LogP contribution < -0.4 is 20.1 Å². The van der Waals surface area contributed by atoms with Gasteiger partial charge in [0.1, 0.15) is 22.7 Å². The van der Waals surface area contributed by atoms with Crippen LogP contribution in [0.25, 0.3) is 0 Å². The predicted molar refractivity (Wildman–Crippen MR) is 136 cm³/mol. The van der Waals surface area contributed by atoms with Gasteiger partial charge in [-0.1, -0.05) is 29.8 Å². The van der Waals surface area contributed by atoms with E-state index in [1.165, 1.54) is 15.6 Å². The van der Waals surface area contributed by atoms with Gasteiger partial charge in [-0.05, 0) is 37.6 Å². The molecule has 0 saturated heterocycles. The zero-order valence-corrected chi connectivity index (χ0v) is 21.6. The molecule has 0 radical (unpaired) electrons. The molecule has 2 N–H and O–H groups in total. The molecular formula is C27H31N5O5. The molecule has 0 fully saturated rings. The maximum absolute atomic E-state index is 13.2. The minimum absolute atomic E-state index is 0.0860. The van der Waals surface area contributed by atoms with Gasteiger partial charge in [-0.2, -0.15) is 5.10 Å². The normalized spacial score (nSPS) is 16.7. The Morgan fingerprint density at radius 3 is 2.43 bits per heavy atom. The van der Waals surface area contributed by atoms with Crippen LogP contribution >= 0.6 is 0 Å². The smallest absolute Gasteiger partial charge is 0.272 e. The second kappa shape index (κ2) is 10.3. The van der Waals surface area contributed by atoms with E-state index in [2.05, 4.69) is 15.7 Å². The van der Waals surface area contributed by atoms with Crippen molar-refractivity contribution in [3.63, 3.8) is 0 Å². The molecule has 1 unspecified atom stereocenters. The molecule has 3 amide bonds. The van der Waals surface area contributed by atoms with Crippen molar-refractivity contribution in [2.24, 2.45) is 0 Å². The molecule has 2 aromatic carbocycles. The molecule has 1 aliphatic heterocycles. The average Bonchev–Trinajstić information content (AvgIpc) is 3.33. The van der Waals surface area contributed by atoms with Crippen LogP contribution in [0.3, 0.4) is 0 Å². The van der Waals surface area contributed by atoms with Gasteiger partial charge in [0.15, 0.2) is 5.69 Å². The van der Waals surface area contributed by atoms with Gasteiger partial charge >= 0.3 is 0 Å². The molecule has 0 bridgehead atoms. The van der Waals surface area contributed by atoms with E-state index in [4.69, 9.17) is 9.47 Å². The number of aryl methyl sites for hydroxylation is 1. The summed E-state index contributed by atoms with van der Waals surface area (Å²) in [6.07, 6.45) is 0. The highest BCUT2D eigenvalue weighted by Gasteiger charge is 2.46. The molecule has 0 saturated carbocycles. The van der Waals surface area contributed by atoms with Crippen molar-refractivity contribution in [1.82, 2.24) is 25.3 Å². The Hall–Kier alpha value is -4.34. The second-order valence-corrected chi connectivity index (χ2v) is 9.24. The summed E-state index contributed by atoms with van der Waals surface area (Å²) >= 11 is 0. The fraction of sp³-hybridized carbons (Fsp3) is 0.333. The lowest BCUT2D eigenvalue weighted by Crippen LogP contribution is -2.62. The van der Waals surface area contributed by atoms with E-state index >= 15 is 0 Å². The maximum Gasteiger partial charge on any atom is 0.272 e. The van der Waals surface area contributed by atoms with Gasteiger partial charge in [0.25, 0.3) is 11.8 Å². The number of fused-ring (bicyclic) bond motifs is 1. The molecule has 4 rings (SSSR count). The van der Waals surface area contributed by atoms with Crippen LogP contribution in [0, 0.1) is 6.92 Å². The van der Waals surface area contributed by atoms with Crippen LogP contribution in [0.1, 0.15) is 44.6 Å². The second-order valence-electron chi connectivity index (χ2n) is 9.24. The highest BCUT2D eigenvalue weighted by Crippen LogP contribution is 2.27. The van der Waals surface area contributed by atoms with Crippen molar-refractivity contribution >= 4 is 17.7 Å². The number of ether oxygens (including phenoxy) is 2. The first-order valence-corrected chi connectivity index (χ1v) is 11.8. The van der Waals surface area contributed by atoms with E-state index in [1.807, 2.05) is 31.2 Å². The molecule has 1 atom stereocenters. The van der Waals surface area contributed by atoms with Crippen LogP contribution in [-0.2, 0) is 24.4 Å². The maximum atomic E-state index is 13.2. The summed E-state index contributed by atoms with van der Waals surface area (Å²) in [7, 11) is 4.69. The lowest BCUT2D eigenvalue weighted by atomic mass is 9.95. The Morgan fingerprint density at radius 2 is 1.76 bits per heavy atom. The Kier molecular flexibility index (Phi) is 7.19. The zero-order valence-electron chi connectivity index (χ0n) is 21.6. The Bertz CT molecular complexity index is 1330. The number of likely N-dealkylation sites (N-methyl/N-ethyl adjacent to an activating group) is 1. The first-order chi connectivity index (χ1) is 17.7. The first kappa shape index (κ1) is 25.7. The molecule has 1 aliphatic rings. The van der Waals surface area contributed by atoms with Crippen LogP contribution in [0.4, 0.5) is 0 Å². The lowest BCUT2D eigenvalue weighted by Gasteiger charge is -2.40. The topological polar surface area (TPSA) is 115 Å². The van der Waals surface area contributed by atoms with E-state index in [1.54, 1.807) is 46.4 Å². The molecule has 194 valence electrons. The molecule has 10 heteroatoms. The molecule has 10 nitrogen and oxygen atoms in total. The molecule has 37 heavy (non-hydrogen) atoms. The number of carbonyl (C=O) groups is 3. The molecule has 3 aromatic rings. The van der Waals surface area contributed by atoms with Gasteiger partial charge in [-0.15, -0.1) is 0 Å². The van der Waals surface area contributed by atoms with Crippen LogP contribution in [0.5, 0.6) is 11.5 Å². The predicted octanol–water partition coefficient (Wildman–Crippen LogP) is 2.30. The summed E-state index contributed by atoms with van der Waals surface area (Å²) in [5.74, 6) is 0.0970. The summed E-state index contributed by atoms with van der Waals surface area (Å²) < 4.78 is 12.0. The SMILES string of the molecule is COc1ccc(OC)c(CNC(=O)c2cc3n(n2)CC(C)(C(=O)NCc2ccc(C)cc2)N(C)C3=O)c1. The van der Waals surface area contributed by atoms with Gasteiger partial charge in [-0.3, -0.25) is 19.1 Å². The van der Waals surface area contributed by atoms with Gasteiger partial charge in [-0.25, -0.2) is 0 Å². The standard InChI is InChI=1S/C27H31N5O5/c1-17-6-8-18(9-7-17)14-29-26(35)27(2)16-32-22(25(34)31(27)3)13-21(30-32)24(33)28-15-19-12-20(36-4)10-11-23(19)37-5/h6-13H,14-16H2,1-5H3,(H,28,33)(H,29,35). The molecule has 0 spiro atoms. The Balaban J connectivity index is 1.47. The van der Waals surface area contributed by atoms with Crippen molar-refractivity contribution in [3.05, 3.63) is 76.6 Å². The summed E-state index contributed by atoms with van der Waals surface area (Å²) in [5.41, 5.74) is 1.97. The average molecular weight is 506 g/mol. The van der Waals surface area contributed by atoms with Crippen molar-refractivity contribution in [2.75, 3.05) is 21.3 Å². The summed E-state index contributed by atoms with van der Waals surface area (Å²) in [5, 5.41) is 10.1. The molecule has 0 aliphatic carbocycles. The minimum Gasteiger partial charge on any atom is -0.497 e. The van der Waals surface area contributed by atoms with Crippen LogP contribution in [0.2, 0.25) is 0 Å². The first-order valence-electron chi connectivity index (χ1n) is 11.8. The van der Waals surface area contributed by atoms with E-state index in [9.17, 15) is 14.4 Å². The number of amides is 3. The number of nitrogens with one attached hydrogen (secondary N) is 2. The number of aromatic nitrogens is 2. The number of hydrogen-bond donors (Lipinski definition) is 2. The third kappa shape index (κ3) is 5.13. The zero-order chi connectivity index (χ0) is 26.7. The Labute approximate surface area is 215 Å². The quantitative estimate of drug-likeness (QED) is 0.486. The number of benzene rings is 2. The van der Waals surface area contributed by atoms with Gasteiger partial charge < -0.3 is 25.0 Å². The molecule has 2 heterocycles. The number of nitrogens with zero attached hydrogens (tertiary/aromatic N) is 3. The summed E-state index contributed by atoms with van der Waals surface area (Å²) in [6, 6.07) is 14.6. The van der Waals surface area contributed by atoms with Crippen LogP contribution in [0.15, 0.2) is 48.5 Å². The molecule has 1 aromatic heterocycles. The van der Waals surface area contributed by atoms with E-state index in [0.29, 0.717) is 18.0 Å². The van der Waals surface area contributed by atoms with Crippen molar-refractivity contribution in [1.29, 1.82) is 0 Å². The summed E-state index contributed by atoms with van der Waals surface area (Å²) in [4.78, 5) is 40.6. The highest BCUT2D eigenvalue weighted by atomic mass is 16.5. The fourth-order valence-corrected chi connectivity index (χ4v) is 4.20. The third-order valence-corrected chi connectivity index (χ3v) is 6.72. The van der Waals surface area contributed by atoms with Crippen molar-refractivity contribution in [2.45, 2.75) is 39.0 Å². The van der Waals surface area contributed by atoms with E-state index < -0.39 is 11.4 Å². The van der Waals surface area contributed by atoms with Crippen LogP contribution in [-0.4, -0.2) is 59.2 Å². The fourth-order valence-electron chi connectivity index (χ4n) is 4.20. The summed E-state index contributed by atoms with van der Waals surface area (Å²) in [6.45, 7) is 4.31. The van der Waals surface area contributed by atoms with E-state index in [0.717, 1.165) is 16.7 Å². The van der Waals surface area contributed by atoms with Gasteiger partial charge in [0.05, 0.1) is 20.8 Å². The lowest BCUT2D eigenvalue weighted by molar-refractivity contribution is -0.132.